The summed E-state index contributed by atoms with van der Waals surface area (Å²) in [6, 6.07) is 51.5. The van der Waals surface area contributed by atoms with Crippen molar-refractivity contribution >= 4 is 33.7 Å². The first kappa shape index (κ1) is 38.9. The van der Waals surface area contributed by atoms with Gasteiger partial charge in [-0.2, -0.15) is 0 Å². The van der Waals surface area contributed by atoms with Crippen LogP contribution in [0.4, 0.5) is 0 Å². The minimum atomic E-state index is -0.880. The number of fused-ring (bicyclic) bond motifs is 2. The van der Waals surface area contributed by atoms with Gasteiger partial charge in [0.05, 0.1) is 30.5 Å². The monoisotopic (exact) mass is 766 g/mol. The standard InChI is InChI=1S/C26H23NO3.C24H19NO3/c1-2-29-25(28)16-21-17-27-24-14-7-6-13-23(24)26(21)20-11-8-12-22(15-20)30-18-19-9-4-3-5-10-19;26-23(27)14-19-15-25-22-12-5-4-11-21(22)24(19)18-9-6-10-20(13-18)28-16-17-7-2-1-3-8-17/h3-15,17H,2,16,18H2,1H3;1-13,15H,14,16H2,(H,26,27). The van der Waals surface area contributed by atoms with Gasteiger partial charge >= 0.3 is 11.9 Å². The summed E-state index contributed by atoms with van der Waals surface area (Å²) >= 11 is 0. The number of carboxylic acids is 1. The lowest BCUT2D eigenvalue weighted by Gasteiger charge is -2.14. The maximum Gasteiger partial charge on any atom is 0.310 e. The zero-order valence-corrected chi connectivity index (χ0v) is 32.1. The molecule has 288 valence electrons. The van der Waals surface area contributed by atoms with Crippen molar-refractivity contribution < 1.29 is 28.9 Å². The molecule has 6 aromatic carbocycles. The lowest BCUT2D eigenvalue weighted by Crippen LogP contribution is -2.09. The second kappa shape index (κ2) is 19.0. The maximum atomic E-state index is 12.2. The van der Waals surface area contributed by atoms with E-state index in [2.05, 4.69) is 9.97 Å². The number of carbonyl (C=O) groups is 2. The summed E-state index contributed by atoms with van der Waals surface area (Å²) in [6.45, 7) is 3.14. The molecular formula is C50H42N2O6. The predicted octanol–water partition coefficient (Wildman–Crippen LogP) is 10.7. The van der Waals surface area contributed by atoms with Crippen molar-refractivity contribution in [2.24, 2.45) is 0 Å². The van der Waals surface area contributed by atoms with Crippen LogP contribution in [-0.4, -0.2) is 33.6 Å². The van der Waals surface area contributed by atoms with E-state index in [-0.39, 0.29) is 18.8 Å². The molecule has 0 amide bonds. The lowest BCUT2D eigenvalue weighted by atomic mass is 9.95. The van der Waals surface area contributed by atoms with Crippen LogP contribution in [0.2, 0.25) is 0 Å². The quantitative estimate of drug-likeness (QED) is 0.116. The second-order valence-electron chi connectivity index (χ2n) is 13.5. The van der Waals surface area contributed by atoms with Gasteiger partial charge in [-0.15, -0.1) is 0 Å². The van der Waals surface area contributed by atoms with Gasteiger partial charge in [-0.1, -0.05) is 121 Å². The molecule has 1 N–H and O–H groups in total. The van der Waals surface area contributed by atoms with Gasteiger partial charge in [0.15, 0.2) is 0 Å². The van der Waals surface area contributed by atoms with Crippen LogP contribution >= 0.6 is 0 Å². The van der Waals surface area contributed by atoms with E-state index >= 15 is 0 Å². The van der Waals surface area contributed by atoms with Crippen molar-refractivity contribution in [2.75, 3.05) is 6.61 Å². The van der Waals surface area contributed by atoms with Crippen LogP contribution in [0.15, 0.2) is 170 Å². The zero-order chi connectivity index (χ0) is 40.1. The van der Waals surface area contributed by atoms with E-state index in [0.29, 0.717) is 25.4 Å². The molecule has 0 aliphatic carbocycles. The Balaban J connectivity index is 0.000000177. The lowest BCUT2D eigenvalue weighted by molar-refractivity contribution is -0.142. The van der Waals surface area contributed by atoms with Crippen molar-refractivity contribution in [3.63, 3.8) is 0 Å². The molecule has 0 saturated carbocycles. The van der Waals surface area contributed by atoms with Gasteiger partial charge < -0.3 is 19.3 Å². The molecule has 8 heteroatoms. The molecule has 58 heavy (non-hydrogen) atoms. The van der Waals surface area contributed by atoms with E-state index in [4.69, 9.17) is 14.2 Å². The Bertz CT molecular complexity index is 2650. The number of carboxylic acid groups (broad SMARTS) is 1. The first-order valence-corrected chi connectivity index (χ1v) is 19.1. The Morgan fingerprint density at radius 1 is 0.534 bits per heavy atom. The molecule has 0 fully saturated rings. The van der Waals surface area contributed by atoms with E-state index in [9.17, 15) is 14.7 Å². The maximum absolute atomic E-state index is 12.2. The van der Waals surface area contributed by atoms with Crippen LogP contribution in [0.25, 0.3) is 44.1 Å². The Kier molecular flexibility index (Phi) is 12.8. The number of hydrogen-bond donors (Lipinski definition) is 1. The molecule has 8 aromatic rings. The van der Waals surface area contributed by atoms with Crippen LogP contribution in [0.1, 0.15) is 29.2 Å². The highest BCUT2D eigenvalue weighted by molar-refractivity contribution is 5.98. The molecule has 0 bridgehead atoms. The van der Waals surface area contributed by atoms with Crippen LogP contribution in [0.3, 0.4) is 0 Å². The SMILES string of the molecule is CCOC(=O)Cc1cnc2ccccc2c1-c1cccc(OCc2ccccc2)c1.O=C(O)Cc1cnc2ccccc2c1-c1cccc(OCc2ccccc2)c1. The van der Waals surface area contributed by atoms with Crippen LogP contribution in [0.5, 0.6) is 11.5 Å². The molecule has 0 aliphatic heterocycles. The fourth-order valence-electron chi connectivity index (χ4n) is 6.81. The average molecular weight is 767 g/mol. The highest BCUT2D eigenvalue weighted by Gasteiger charge is 2.16. The number of esters is 1. The number of benzene rings is 6. The molecule has 0 spiro atoms. The summed E-state index contributed by atoms with van der Waals surface area (Å²) in [7, 11) is 0. The van der Waals surface area contributed by atoms with Crippen molar-refractivity contribution in [1.82, 2.24) is 9.97 Å². The zero-order valence-electron chi connectivity index (χ0n) is 32.1. The van der Waals surface area contributed by atoms with Gasteiger partial charge in [0.25, 0.3) is 0 Å². The first-order valence-electron chi connectivity index (χ1n) is 19.1. The summed E-state index contributed by atoms with van der Waals surface area (Å²) in [5.74, 6) is 0.380. The van der Waals surface area contributed by atoms with Crippen molar-refractivity contribution in [1.29, 1.82) is 0 Å². The molecule has 0 aliphatic rings. The molecule has 2 aromatic heterocycles. The molecule has 8 rings (SSSR count). The van der Waals surface area contributed by atoms with Crippen molar-refractivity contribution in [3.8, 4) is 33.8 Å². The van der Waals surface area contributed by atoms with Gasteiger partial charge in [-0.3, -0.25) is 19.6 Å². The number of aliphatic carboxylic acids is 1. The number of aromatic nitrogens is 2. The molecule has 0 unspecified atom stereocenters. The van der Waals surface area contributed by atoms with E-state index in [0.717, 1.165) is 72.2 Å². The molecule has 8 nitrogen and oxygen atoms in total. The largest absolute Gasteiger partial charge is 0.489 e. The van der Waals surface area contributed by atoms with E-state index in [1.165, 1.54) is 0 Å². The number of pyridine rings is 2. The van der Waals surface area contributed by atoms with Gasteiger partial charge in [-0.05, 0) is 87.8 Å². The summed E-state index contributed by atoms with van der Waals surface area (Å²) in [5.41, 5.74) is 9.22. The molecule has 2 heterocycles. The van der Waals surface area contributed by atoms with Gasteiger partial charge in [0, 0.05) is 23.2 Å². The number of para-hydroxylation sites is 2. The van der Waals surface area contributed by atoms with Gasteiger partial charge in [0.2, 0.25) is 0 Å². The van der Waals surface area contributed by atoms with Crippen LogP contribution < -0.4 is 9.47 Å². The summed E-state index contributed by atoms with van der Waals surface area (Å²) in [4.78, 5) is 32.5. The third kappa shape index (κ3) is 9.91. The first-order chi connectivity index (χ1) is 28.4. The highest BCUT2D eigenvalue weighted by Crippen LogP contribution is 2.35. The van der Waals surface area contributed by atoms with Crippen molar-refractivity contribution in [2.45, 2.75) is 33.0 Å². The van der Waals surface area contributed by atoms with E-state index in [1.54, 1.807) is 12.4 Å². The molecular weight excluding hydrogens is 725 g/mol. The Labute approximate surface area is 337 Å². The third-order valence-electron chi connectivity index (χ3n) is 9.43. The second-order valence-corrected chi connectivity index (χ2v) is 13.5. The third-order valence-corrected chi connectivity index (χ3v) is 9.43. The Morgan fingerprint density at radius 3 is 1.45 bits per heavy atom. The smallest absolute Gasteiger partial charge is 0.310 e. The average Bonchev–Trinajstić information content (AvgIpc) is 3.26. The summed E-state index contributed by atoms with van der Waals surface area (Å²) < 4.78 is 17.1. The minimum absolute atomic E-state index is 0.0811. The minimum Gasteiger partial charge on any atom is -0.489 e. The fourth-order valence-corrected chi connectivity index (χ4v) is 6.81. The molecule has 0 radical (unpaired) electrons. The van der Waals surface area contributed by atoms with Crippen LogP contribution in [0, 0.1) is 0 Å². The topological polar surface area (TPSA) is 108 Å². The van der Waals surface area contributed by atoms with Crippen LogP contribution in [-0.2, 0) is 40.4 Å². The number of ether oxygens (including phenoxy) is 3. The Hall–Kier alpha value is -7.32. The highest BCUT2D eigenvalue weighted by atomic mass is 16.5. The number of hydrogen-bond acceptors (Lipinski definition) is 7. The van der Waals surface area contributed by atoms with Gasteiger partial charge in [0.1, 0.15) is 24.7 Å². The number of rotatable bonds is 13. The van der Waals surface area contributed by atoms with Gasteiger partial charge in [-0.25, -0.2) is 0 Å². The van der Waals surface area contributed by atoms with Crippen molar-refractivity contribution in [3.05, 3.63) is 192 Å². The summed E-state index contributed by atoms with van der Waals surface area (Å²) in [6.07, 6.45) is 3.52. The Morgan fingerprint density at radius 2 is 0.983 bits per heavy atom. The fraction of sp³-hybridized carbons (Fsp3) is 0.120. The number of carbonyl (C=O) groups excluding carboxylic acids is 1. The molecule has 0 saturated heterocycles. The predicted molar refractivity (Wildman–Crippen MR) is 228 cm³/mol. The number of nitrogens with zero attached hydrogens (tertiary/aromatic N) is 2. The summed E-state index contributed by atoms with van der Waals surface area (Å²) in [5, 5.41) is 11.3. The molecule has 0 atom stereocenters. The van der Waals surface area contributed by atoms with E-state index in [1.807, 2.05) is 165 Å². The van der Waals surface area contributed by atoms with E-state index < -0.39 is 5.97 Å². The normalized spacial score (nSPS) is 10.7.